The second-order valence-electron chi connectivity index (χ2n) is 10.2. The maximum absolute atomic E-state index is 13.4. The third-order valence-electron chi connectivity index (χ3n) is 7.35. The van der Waals surface area contributed by atoms with Gasteiger partial charge in [-0.1, -0.05) is 43.3 Å². The molecule has 5 rings (SSSR count). The van der Waals surface area contributed by atoms with Crippen LogP contribution < -0.4 is 24.4 Å². The van der Waals surface area contributed by atoms with Crippen molar-refractivity contribution in [3.8, 4) is 22.9 Å². The predicted molar refractivity (Wildman–Crippen MR) is 170 cm³/mol. The van der Waals surface area contributed by atoms with Gasteiger partial charge in [-0.2, -0.15) is 0 Å². The molecule has 0 fully saturated rings. The third-order valence-corrected chi connectivity index (χ3v) is 8.27. The van der Waals surface area contributed by atoms with Crippen molar-refractivity contribution >= 4 is 29.3 Å². The number of hydrogen-bond acceptors (Lipinski definition) is 8. The molecular formula is C33H37N5O5S. The van der Waals surface area contributed by atoms with E-state index in [1.165, 1.54) is 17.3 Å². The second-order valence-corrected chi connectivity index (χ2v) is 11.2. The summed E-state index contributed by atoms with van der Waals surface area (Å²) in [4.78, 5) is 28.3. The van der Waals surface area contributed by atoms with Crippen LogP contribution >= 0.6 is 11.8 Å². The van der Waals surface area contributed by atoms with Gasteiger partial charge in [-0.15, -0.1) is 10.2 Å². The molecule has 4 aromatic rings. The number of benzene rings is 3. The fourth-order valence-electron chi connectivity index (χ4n) is 5.02. The number of anilines is 1. The van der Waals surface area contributed by atoms with Crippen LogP contribution in [0.2, 0.25) is 0 Å². The minimum absolute atomic E-state index is 0.00807. The van der Waals surface area contributed by atoms with Crippen LogP contribution in [0.3, 0.4) is 0 Å². The fourth-order valence-corrected chi connectivity index (χ4v) is 5.86. The number of nitrogens with zero attached hydrogens (tertiary/aromatic N) is 4. The van der Waals surface area contributed by atoms with E-state index in [0.29, 0.717) is 46.9 Å². The summed E-state index contributed by atoms with van der Waals surface area (Å²) in [5, 5.41) is 12.3. The van der Waals surface area contributed by atoms with E-state index in [2.05, 4.69) is 28.5 Å². The molecule has 2 heterocycles. The zero-order valence-electron chi connectivity index (χ0n) is 25.2. The topological polar surface area (TPSA) is 108 Å². The van der Waals surface area contributed by atoms with Crippen LogP contribution in [0.5, 0.6) is 17.2 Å². The number of para-hydroxylation sites is 1. The zero-order chi connectivity index (χ0) is 30.9. The van der Waals surface area contributed by atoms with Gasteiger partial charge in [0.05, 0.1) is 38.8 Å². The molecule has 1 aliphatic rings. The number of fused-ring (bicyclic) bond motifs is 1. The highest BCUT2D eigenvalue weighted by atomic mass is 32.2. The maximum Gasteiger partial charge on any atom is 0.251 e. The molecule has 0 saturated carbocycles. The molecule has 1 aromatic heterocycles. The molecule has 44 heavy (non-hydrogen) atoms. The minimum atomic E-state index is -0.259. The quantitative estimate of drug-likeness (QED) is 0.156. The molecule has 230 valence electrons. The van der Waals surface area contributed by atoms with Crippen molar-refractivity contribution in [3.63, 3.8) is 0 Å². The Balaban J connectivity index is 1.36. The van der Waals surface area contributed by atoms with E-state index >= 15 is 0 Å². The van der Waals surface area contributed by atoms with E-state index in [9.17, 15) is 9.59 Å². The lowest BCUT2D eigenvalue weighted by molar-refractivity contribution is -0.116. The Morgan fingerprint density at radius 3 is 2.52 bits per heavy atom. The number of nitrogens with one attached hydrogen (secondary N) is 1. The van der Waals surface area contributed by atoms with Crippen molar-refractivity contribution in [2.75, 3.05) is 38.0 Å². The summed E-state index contributed by atoms with van der Waals surface area (Å²) >= 11 is 1.29. The molecule has 1 aliphatic heterocycles. The molecule has 3 aromatic carbocycles. The monoisotopic (exact) mass is 615 g/mol. The largest absolute Gasteiger partial charge is 0.497 e. The lowest BCUT2D eigenvalue weighted by Crippen LogP contribution is -2.36. The van der Waals surface area contributed by atoms with E-state index in [1.807, 2.05) is 29.2 Å². The first-order valence-electron chi connectivity index (χ1n) is 14.7. The van der Waals surface area contributed by atoms with Crippen LogP contribution in [-0.2, 0) is 17.8 Å². The van der Waals surface area contributed by atoms with Gasteiger partial charge < -0.3 is 24.4 Å². The molecule has 0 bridgehead atoms. The first-order valence-corrected chi connectivity index (χ1v) is 15.7. The highest BCUT2D eigenvalue weighted by Gasteiger charge is 2.25. The third kappa shape index (κ3) is 7.16. The van der Waals surface area contributed by atoms with Crippen molar-refractivity contribution in [1.82, 2.24) is 20.1 Å². The second kappa shape index (κ2) is 14.8. The van der Waals surface area contributed by atoms with Gasteiger partial charge in [0.2, 0.25) is 5.91 Å². The Bertz CT molecular complexity index is 1590. The number of aromatic nitrogens is 3. The highest BCUT2D eigenvalue weighted by Crippen LogP contribution is 2.33. The number of hydrogen-bond donors (Lipinski definition) is 1. The number of unbranched alkanes of at least 4 members (excludes halogenated alkanes) is 1. The summed E-state index contributed by atoms with van der Waals surface area (Å²) in [5.74, 6) is 2.28. The Kier molecular flexibility index (Phi) is 10.4. The molecule has 0 aliphatic carbocycles. The summed E-state index contributed by atoms with van der Waals surface area (Å²) in [6.45, 7) is 3.52. The van der Waals surface area contributed by atoms with E-state index < -0.39 is 0 Å². The van der Waals surface area contributed by atoms with Crippen molar-refractivity contribution in [2.24, 2.45) is 0 Å². The summed E-state index contributed by atoms with van der Waals surface area (Å²) in [6, 6.07) is 20.5. The number of methoxy groups -OCH3 is 2. The summed E-state index contributed by atoms with van der Waals surface area (Å²) in [6.07, 6.45) is 3.91. The smallest absolute Gasteiger partial charge is 0.251 e. The first kappa shape index (κ1) is 30.9. The zero-order valence-corrected chi connectivity index (χ0v) is 26.1. The molecule has 11 heteroatoms. The van der Waals surface area contributed by atoms with Gasteiger partial charge in [-0.05, 0) is 67.3 Å². The fraction of sp³-hybridized carbons (Fsp3) is 0.333. The van der Waals surface area contributed by atoms with Crippen molar-refractivity contribution in [3.05, 3.63) is 83.7 Å². The molecule has 0 spiro atoms. The molecular weight excluding hydrogens is 578 g/mol. The Morgan fingerprint density at radius 1 is 0.955 bits per heavy atom. The number of thioether (sulfide) groups is 1. The van der Waals surface area contributed by atoms with E-state index in [1.54, 1.807) is 55.2 Å². The van der Waals surface area contributed by atoms with Crippen molar-refractivity contribution in [2.45, 2.75) is 44.3 Å². The van der Waals surface area contributed by atoms with Crippen LogP contribution in [0.15, 0.2) is 71.9 Å². The number of aryl methyl sites for hydroxylation is 1. The van der Waals surface area contributed by atoms with E-state index in [4.69, 9.17) is 14.2 Å². The number of amides is 2. The van der Waals surface area contributed by atoms with E-state index in [-0.39, 0.29) is 24.1 Å². The van der Waals surface area contributed by atoms with Crippen molar-refractivity contribution < 1.29 is 23.8 Å². The number of ether oxygens (including phenoxy) is 3. The standard InChI is InChI=1S/C33H37N5O5S/c1-4-5-19-43-25-14-12-24(13-15-25)32(40)34-21-30-35-36-33(38(30)28-20-26(41-2)16-17-29(28)42-3)44-22-31(39)37-18-8-10-23-9-6-7-11-27(23)37/h6-7,9,11-17,20H,4-5,8,10,18-19,21-22H2,1-3H3,(H,34,40). The first-order chi connectivity index (χ1) is 21.5. The normalized spacial score (nSPS) is 12.4. The number of rotatable bonds is 13. The molecule has 1 N–H and O–H groups in total. The van der Waals surface area contributed by atoms with Gasteiger partial charge in [-0.3, -0.25) is 14.2 Å². The van der Waals surface area contributed by atoms with Crippen LogP contribution in [-0.4, -0.2) is 59.7 Å². The highest BCUT2D eigenvalue weighted by molar-refractivity contribution is 7.99. The van der Waals surface area contributed by atoms with Crippen molar-refractivity contribution in [1.29, 1.82) is 0 Å². The molecule has 2 amide bonds. The van der Waals surface area contributed by atoms with Gasteiger partial charge in [0.25, 0.3) is 5.91 Å². The van der Waals surface area contributed by atoms with Crippen LogP contribution in [0, 0.1) is 0 Å². The minimum Gasteiger partial charge on any atom is -0.497 e. The van der Waals surface area contributed by atoms with Gasteiger partial charge in [-0.25, -0.2) is 0 Å². The van der Waals surface area contributed by atoms with Crippen LogP contribution in [0.25, 0.3) is 5.69 Å². The molecule has 0 unspecified atom stereocenters. The van der Waals surface area contributed by atoms with Gasteiger partial charge in [0.15, 0.2) is 11.0 Å². The molecule has 0 atom stereocenters. The Labute approximate surface area is 261 Å². The molecule has 0 saturated heterocycles. The van der Waals surface area contributed by atoms with E-state index in [0.717, 1.165) is 37.1 Å². The van der Waals surface area contributed by atoms with Crippen LogP contribution in [0.1, 0.15) is 47.9 Å². The molecule has 0 radical (unpaired) electrons. The lowest BCUT2D eigenvalue weighted by atomic mass is 10.0. The summed E-state index contributed by atoms with van der Waals surface area (Å²) in [5.41, 5.74) is 3.27. The Morgan fingerprint density at radius 2 is 1.75 bits per heavy atom. The Hall–Kier alpha value is -4.51. The number of carbonyl (C=O) groups excluding carboxylic acids is 2. The van der Waals surface area contributed by atoms with Gasteiger partial charge >= 0.3 is 0 Å². The summed E-state index contributed by atoms with van der Waals surface area (Å²) < 4.78 is 18.7. The van der Waals surface area contributed by atoms with Gasteiger partial charge in [0, 0.05) is 23.9 Å². The average Bonchev–Trinajstić information content (AvgIpc) is 3.48. The summed E-state index contributed by atoms with van der Waals surface area (Å²) in [7, 11) is 3.17. The average molecular weight is 616 g/mol. The lowest BCUT2D eigenvalue weighted by Gasteiger charge is -2.29. The SMILES string of the molecule is CCCCOc1ccc(C(=O)NCc2nnc(SCC(=O)N3CCCc4ccccc43)n2-c2cc(OC)ccc2OC)cc1. The maximum atomic E-state index is 13.4. The van der Waals surface area contributed by atoms with Crippen LogP contribution in [0.4, 0.5) is 5.69 Å². The van der Waals surface area contributed by atoms with Gasteiger partial charge in [0.1, 0.15) is 17.2 Å². The number of carbonyl (C=O) groups is 2. The predicted octanol–water partition coefficient (Wildman–Crippen LogP) is 5.46. The molecule has 10 nitrogen and oxygen atoms in total.